The molecule has 0 spiro atoms. The summed E-state index contributed by atoms with van der Waals surface area (Å²) in [6.45, 7) is 2.30. The van der Waals surface area contributed by atoms with E-state index in [9.17, 15) is 0 Å². The second kappa shape index (κ2) is 22.9. The monoisotopic (exact) mass is 452 g/mol. The van der Waals surface area contributed by atoms with Crippen molar-refractivity contribution in [1.29, 1.82) is 0 Å². The average molecular weight is 453 g/mol. The first kappa shape index (κ1) is 32.2. The fourth-order valence-electron chi connectivity index (χ4n) is 4.22. The van der Waals surface area contributed by atoms with Crippen molar-refractivity contribution in [3.63, 3.8) is 0 Å². The summed E-state index contributed by atoms with van der Waals surface area (Å²) in [5.41, 5.74) is 4.04. The van der Waals surface area contributed by atoms with Gasteiger partial charge in [-0.1, -0.05) is 157 Å². The molecule has 2 aromatic carbocycles. The number of hydrogen-bond acceptors (Lipinski definition) is 0. The van der Waals surface area contributed by atoms with Gasteiger partial charge in [-0.25, -0.2) is 0 Å². The van der Waals surface area contributed by atoms with Gasteiger partial charge in [0, 0.05) is 0 Å². The number of allylic oxidation sites excluding steroid dienone is 1. The first-order valence-corrected chi connectivity index (χ1v) is 12.7. The molecule has 0 aliphatic rings. The van der Waals surface area contributed by atoms with Crippen LogP contribution in [0.15, 0.2) is 66.7 Å². The molecule has 2 heteroatoms. The Morgan fingerprint density at radius 2 is 0.844 bits per heavy atom. The minimum atomic E-state index is 0. The molecule has 0 bridgehead atoms. The molecule has 32 heavy (non-hydrogen) atoms. The van der Waals surface area contributed by atoms with E-state index < -0.39 is 0 Å². The van der Waals surface area contributed by atoms with E-state index in [4.69, 9.17) is 0 Å². The number of hydrogen-bond donors (Lipinski definition) is 0. The molecule has 0 aromatic heterocycles. The molecule has 0 fully saturated rings. The molecule has 0 nitrogen and oxygen atoms in total. The zero-order valence-electron chi connectivity index (χ0n) is 19.5. The van der Waals surface area contributed by atoms with E-state index in [-0.39, 0.29) is 59.1 Å². The van der Waals surface area contributed by atoms with E-state index in [1.165, 1.54) is 113 Å². The van der Waals surface area contributed by atoms with Crippen LogP contribution in [0.2, 0.25) is 0 Å². The van der Waals surface area contributed by atoms with E-state index in [2.05, 4.69) is 73.7 Å². The molecule has 0 saturated carbocycles. The van der Waals surface area contributed by atoms with Crippen LogP contribution in [-0.4, -0.2) is 59.1 Å². The Bertz CT molecular complexity index is 622. The van der Waals surface area contributed by atoms with Gasteiger partial charge < -0.3 is 0 Å². The Balaban J connectivity index is 0.00000480. The summed E-state index contributed by atoms with van der Waals surface area (Å²) < 4.78 is 0. The molecule has 0 saturated heterocycles. The topological polar surface area (TPSA) is 0 Å². The Labute approximate surface area is 243 Å². The van der Waals surface area contributed by atoms with Crippen molar-refractivity contribution < 1.29 is 0 Å². The summed E-state index contributed by atoms with van der Waals surface area (Å²) in [6, 6.07) is 21.6. The number of benzene rings is 2. The van der Waals surface area contributed by atoms with E-state index in [1.54, 1.807) is 0 Å². The normalized spacial score (nSPS) is 10.2. The molecule has 0 unspecified atom stereocenters. The van der Waals surface area contributed by atoms with Gasteiger partial charge in [-0.05, 0) is 29.5 Å². The van der Waals surface area contributed by atoms with Crippen LogP contribution in [0.4, 0.5) is 0 Å². The van der Waals surface area contributed by atoms with Crippen LogP contribution in [0.25, 0.3) is 5.57 Å². The van der Waals surface area contributed by atoms with Crippen LogP contribution < -0.4 is 0 Å². The summed E-state index contributed by atoms with van der Waals surface area (Å²) in [5.74, 6) is 0. The summed E-state index contributed by atoms with van der Waals surface area (Å²) in [4.78, 5) is 0. The predicted molar refractivity (Wildman–Crippen MR) is 149 cm³/mol. The second-order valence-corrected chi connectivity index (χ2v) is 8.73. The molecule has 0 amide bonds. The Morgan fingerprint density at radius 3 is 1.22 bits per heavy atom. The molecule has 0 heterocycles. The van der Waals surface area contributed by atoms with E-state index in [0.29, 0.717) is 0 Å². The molecule has 168 valence electrons. The Morgan fingerprint density at radius 1 is 0.500 bits per heavy atom. The van der Waals surface area contributed by atoms with Gasteiger partial charge in [-0.3, -0.25) is 0 Å². The van der Waals surface area contributed by atoms with E-state index in [0.717, 1.165) is 0 Å². The number of rotatable bonds is 17. The fourth-order valence-corrected chi connectivity index (χ4v) is 4.22. The van der Waals surface area contributed by atoms with Gasteiger partial charge in [0.25, 0.3) is 0 Å². The fraction of sp³-hybridized carbons (Fsp3) is 0.533. The molecular weight excluding hydrogens is 406 g/mol. The standard InChI is InChI=1S/C30H44.2Na.2H/c1-2-3-4-5-6-7-8-9-10-11-12-13-14-15-22-27-30(28-23-18-16-19-24-28)29-25-20-17-21-26-29;;;;/h16-21,23-27H,2-15,22H2,1H3;;;;. The third kappa shape index (κ3) is 15.2. The van der Waals surface area contributed by atoms with Crippen LogP contribution in [-0.2, 0) is 0 Å². The molecule has 0 radical (unpaired) electrons. The van der Waals surface area contributed by atoms with Gasteiger partial charge in [-0.2, -0.15) is 0 Å². The molecule has 2 aromatic rings. The summed E-state index contributed by atoms with van der Waals surface area (Å²) in [5, 5.41) is 0. The average Bonchev–Trinajstić information content (AvgIpc) is 2.80. The van der Waals surface area contributed by atoms with Crippen LogP contribution in [0, 0.1) is 0 Å². The van der Waals surface area contributed by atoms with E-state index >= 15 is 0 Å². The van der Waals surface area contributed by atoms with E-state index in [1.807, 2.05) is 0 Å². The zero-order chi connectivity index (χ0) is 21.1. The van der Waals surface area contributed by atoms with Crippen molar-refractivity contribution in [3.05, 3.63) is 77.9 Å². The van der Waals surface area contributed by atoms with Crippen LogP contribution in [0.3, 0.4) is 0 Å². The van der Waals surface area contributed by atoms with Crippen LogP contribution in [0.1, 0.15) is 114 Å². The summed E-state index contributed by atoms with van der Waals surface area (Å²) >= 11 is 0. The van der Waals surface area contributed by atoms with Crippen molar-refractivity contribution in [3.8, 4) is 0 Å². The van der Waals surface area contributed by atoms with Gasteiger partial charge >= 0.3 is 59.1 Å². The van der Waals surface area contributed by atoms with Gasteiger partial charge in [-0.15, -0.1) is 0 Å². The molecule has 0 N–H and O–H groups in total. The predicted octanol–water partition coefficient (Wildman–Crippen LogP) is 8.69. The maximum absolute atomic E-state index is 2.45. The SMILES string of the molecule is CCCCCCCCCCCCCCCCC=C(c1ccccc1)c1ccccc1.[NaH].[NaH]. The molecule has 0 aliphatic carbocycles. The first-order chi connectivity index (χ1) is 14.9. The van der Waals surface area contributed by atoms with Gasteiger partial charge in [0.2, 0.25) is 0 Å². The van der Waals surface area contributed by atoms with Crippen molar-refractivity contribution in [2.45, 2.75) is 103 Å². The second-order valence-electron chi connectivity index (χ2n) is 8.73. The first-order valence-electron chi connectivity index (χ1n) is 12.7. The summed E-state index contributed by atoms with van der Waals surface area (Å²) in [6.07, 6.45) is 23.5. The summed E-state index contributed by atoms with van der Waals surface area (Å²) in [7, 11) is 0. The van der Waals surface area contributed by atoms with Crippen molar-refractivity contribution in [1.82, 2.24) is 0 Å². The van der Waals surface area contributed by atoms with Crippen molar-refractivity contribution in [2.24, 2.45) is 0 Å². The molecule has 0 aliphatic heterocycles. The zero-order valence-corrected chi connectivity index (χ0v) is 19.5. The third-order valence-corrected chi connectivity index (χ3v) is 6.08. The van der Waals surface area contributed by atoms with Crippen LogP contribution >= 0.6 is 0 Å². The molecular formula is C30H46Na2. The number of unbranched alkanes of at least 4 members (excludes halogenated alkanes) is 14. The molecule has 0 atom stereocenters. The maximum atomic E-state index is 2.45. The van der Waals surface area contributed by atoms with Crippen molar-refractivity contribution in [2.75, 3.05) is 0 Å². The van der Waals surface area contributed by atoms with Gasteiger partial charge in [0.15, 0.2) is 0 Å². The minimum absolute atomic E-state index is 0. The van der Waals surface area contributed by atoms with Gasteiger partial charge in [0.1, 0.15) is 0 Å². The van der Waals surface area contributed by atoms with Crippen molar-refractivity contribution >= 4 is 64.7 Å². The Kier molecular flexibility index (Phi) is 23.1. The third-order valence-electron chi connectivity index (χ3n) is 6.08. The Hall–Kier alpha value is 0.180. The van der Waals surface area contributed by atoms with Gasteiger partial charge in [0.05, 0.1) is 0 Å². The quantitative estimate of drug-likeness (QED) is 0.166. The van der Waals surface area contributed by atoms with Crippen LogP contribution in [0.5, 0.6) is 0 Å². The molecule has 2 rings (SSSR count).